The summed E-state index contributed by atoms with van der Waals surface area (Å²) in [5.41, 5.74) is -1.13. The topological polar surface area (TPSA) is 106 Å². The second-order valence-corrected chi connectivity index (χ2v) is 9.13. The number of aromatic hydroxyl groups is 1. The van der Waals surface area contributed by atoms with Crippen molar-refractivity contribution in [3.63, 3.8) is 0 Å². The first-order chi connectivity index (χ1) is 15.8. The third-order valence-electron chi connectivity index (χ3n) is 5.22. The van der Waals surface area contributed by atoms with Crippen LogP contribution in [0.15, 0.2) is 52.3 Å². The number of ether oxygens (including phenoxy) is 1. The Kier molecular flexibility index (Phi) is 10.1. The number of aryl methyl sites for hydroxylation is 1. The van der Waals surface area contributed by atoms with Gasteiger partial charge in [-0.25, -0.2) is 9.59 Å². The molecule has 0 saturated heterocycles. The van der Waals surface area contributed by atoms with Crippen molar-refractivity contribution in [3.8, 4) is 5.75 Å². The molecule has 2 unspecified atom stereocenters. The Labute approximate surface area is 197 Å². The molecule has 0 aliphatic heterocycles. The number of allylic oxidation sites excluding steroid dienone is 2. The third-order valence-corrected chi connectivity index (χ3v) is 6.39. The third kappa shape index (κ3) is 7.75. The van der Waals surface area contributed by atoms with Crippen LogP contribution in [0.25, 0.3) is 0 Å². The number of Topliss-reactive ketones (excluding diaryl/α,β-unsaturated/α-hetero) is 1. The van der Waals surface area contributed by atoms with E-state index in [4.69, 9.17) is 4.42 Å². The molecule has 2 aromatic rings. The SMILES string of the molecule is C=CCCc1ccc(CC(C)C(=O)c2c(O)cc(C(C)CC/C=C/NC(=O)OC)oc2=O)s1. The van der Waals surface area contributed by atoms with Crippen LogP contribution in [0.5, 0.6) is 5.75 Å². The van der Waals surface area contributed by atoms with Gasteiger partial charge in [0.05, 0.1) is 7.11 Å². The van der Waals surface area contributed by atoms with Crippen LogP contribution in [0.3, 0.4) is 0 Å². The largest absolute Gasteiger partial charge is 0.507 e. The van der Waals surface area contributed by atoms with Gasteiger partial charge in [-0.3, -0.25) is 10.1 Å². The van der Waals surface area contributed by atoms with E-state index in [1.54, 1.807) is 24.3 Å². The number of thiophene rings is 1. The van der Waals surface area contributed by atoms with Crippen LogP contribution in [0.1, 0.15) is 64.9 Å². The molecule has 178 valence electrons. The molecule has 2 N–H and O–H groups in total. The van der Waals surface area contributed by atoms with E-state index in [2.05, 4.69) is 16.6 Å². The molecule has 0 saturated carbocycles. The lowest BCUT2D eigenvalue weighted by molar-refractivity contribution is 0.0922. The van der Waals surface area contributed by atoms with Crippen molar-refractivity contribution < 1.29 is 23.8 Å². The van der Waals surface area contributed by atoms with Gasteiger partial charge in [0.2, 0.25) is 0 Å². The average Bonchev–Trinajstić information content (AvgIpc) is 3.23. The lowest BCUT2D eigenvalue weighted by Crippen LogP contribution is -2.22. The molecule has 0 bridgehead atoms. The minimum atomic E-state index is -0.825. The van der Waals surface area contributed by atoms with Crippen LogP contribution in [0.2, 0.25) is 0 Å². The standard InChI is InChI=1S/C25H31NO6S/c1-5-6-10-18-11-12-19(33-18)14-17(3)23(28)22-20(27)15-21(32-24(22)29)16(2)9-7-8-13-26-25(30)31-4/h5,8,11-13,15-17,27H,1,6-7,9-10,14H2,2-4H3,(H,26,30)/b13-8+. The predicted octanol–water partition coefficient (Wildman–Crippen LogP) is 5.34. The molecule has 0 aromatic carbocycles. The normalized spacial score (nSPS) is 12.9. The zero-order valence-electron chi connectivity index (χ0n) is 19.3. The zero-order valence-corrected chi connectivity index (χ0v) is 20.1. The van der Waals surface area contributed by atoms with Crippen LogP contribution in [0.4, 0.5) is 4.79 Å². The molecule has 33 heavy (non-hydrogen) atoms. The fourth-order valence-electron chi connectivity index (χ4n) is 3.28. The zero-order chi connectivity index (χ0) is 24.4. The van der Waals surface area contributed by atoms with Crippen molar-refractivity contribution >= 4 is 23.2 Å². The van der Waals surface area contributed by atoms with Crippen molar-refractivity contribution in [1.29, 1.82) is 0 Å². The minimum Gasteiger partial charge on any atom is -0.507 e. The Morgan fingerprint density at radius 3 is 2.67 bits per heavy atom. The first kappa shape index (κ1) is 26.1. The molecule has 0 aliphatic rings. The Hall–Kier alpha value is -3.13. The van der Waals surface area contributed by atoms with E-state index in [9.17, 15) is 19.5 Å². The Morgan fingerprint density at radius 1 is 1.27 bits per heavy atom. The summed E-state index contributed by atoms with van der Waals surface area (Å²) in [5.74, 6) is -1.13. The van der Waals surface area contributed by atoms with Crippen LogP contribution in [-0.4, -0.2) is 24.1 Å². The van der Waals surface area contributed by atoms with E-state index in [0.29, 0.717) is 25.0 Å². The molecule has 2 atom stereocenters. The molecule has 1 amide bonds. The second kappa shape index (κ2) is 12.8. The van der Waals surface area contributed by atoms with Gasteiger partial charge in [0.15, 0.2) is 5.78 Å². The van der Waals surface area contributed by atoms with Gasteiger partial charge >= 0.3 is 11.7 Å². The summed E-state index contributed by atoms with van der Waals surface area (Å²) in [4.78, 5) is 38.7. The minimum absolute atomic E-state index is 0.173. The average molecular weight is 474 g/mol. The van der Waals surface area contributed by atoms with Gasteiger partial charge in [-0.2, -0.15) is 0 Å². The molecular weight excluding hydrogens is 442 g/mol. The van der Waals surface area contributed by atoms with E-state index in [-0.39, 0.29) is 17.2 Å². The van der Waals surface area contributed by atoms with Crippen LogP contribution in [0, 0.1) is 5.92 Å². The van der Waals surface area contributed by atoms with Gasteiger partial charge in [-0.05, 0) is 44.2 Å². The van der Waals surface area contributed by atoms with Crippen molar-refractivity contribution in [2.75, 3.05) is 7.11 Å². The molecule has 0 fully saturated rings. The molecule has 8 heteroatoms. The quantitative estimate of drug-likeness (QED) is 0.318. The van der Waals surface area contributed by atoms with E-state index in [1.165, 1.54) is 24.3 Å². The van der Waals surface area contributed by atoms with Gasteiger partial charge in [0, 0.05) is 33.9 Å². The first-order valence-corrected chi connectivity index (χ1v) is 11.7. The number of amides is 1. The van der Waals surface area contributed by atoms with E-state index < -0.39 is 23.4 Å². The van der Waals surface area contributed by atoms with E-state index in [0.717, 1.165) is 17.7 Å². The number of hydrogen-bond acceptors (Lipinski definition) is 7. The van der Waals surface area contributed by atoms with Gasteiger partial charge in [-0.1, -0.05) is 26.0 Å². The van der Waals surface area contributed by atoms with Crippen LogP contribution >= 0.6 is 11.3 Å². The fraction of sp³-hybridized carbons (Fsp3) is 0.400. The number of alkyl carbamates (subject to hydrolysis) is 1. The molecule has 2 heterocycles. The van der Waals surface area contributed by atoms with Crippen molar-refractivity contribution in [2.24, 2.45) is 5.92 Å². The molecule has 0 spiro atoms. The summed E-state index contributed by atoms with van der Waals surface area (Å²) < 4.78 is 9.84. The molecule has 7 nitrogen and oxygen atoms in total. The smallest absolute Gasteiger partial charge is 0.410 e. The molecular formula is C25H31NO6S. The molecule has 2 aromatic heterocycles. The highest BCUT2D eigenvalue weighted by atomic mass is 32.1. The number of hydrogen-bond donors (Lipinski definition) is 2. The van der Waals surface area contributed by atoms with Crippen molar-refractivity contribution in [2.45, 2.75) is 51.9 Å². The number of carbonyl (C=O) groups excluding carboxylic acids is 2. The Bertz CT molecular complexity index is 1050. The highest BCUT2D eigenvalue weighted by Crippen LogP contribution is 2.27. The highest BCUT2D eigenvalue weighted by molar-refractivity contribution is 7.12. The first-order valence-electron chi connectivity index (χ1n) is 10.9. The highest BCUT2D eigenvalue weighted by Gasteiger charge is 2.25. The summed E-state index contributed by atoms with van der Waals surface area (Å²) in [6.45, 7) is 7.33. The predicted molar refractivity (Wildman–Crippen MR) is 129 cm³/mol. The summed E-state index contributed by atoms with van der Waals surface area (Å²) in [6, 6.07) is 5.39. The monoisotopic (exact) mass is 473 g/mol. The number of nitrogens with one attached hydrogen (secondary N) is 1. The van der Waals surface area contributed by atoms with Gasteiger partial charge in [0.25, 0.3) is 0 Å². The number of ketones is 1. The summed E-state index contributed by atoms with van der Waals surface area (Å²) in [7, 11) is 1.28. The van der Waals surface area contributed by atoms with Crippen LogP contribution in [-0.2, 0) is 17.6 Å². The van der Waals surface area contributed by atoms with Crippen LogP contribution < -0.4 is 10.9 Å². The van der Waals surface area contributed by atoms with Crippen molar-refractivity contribution in [1.82, 2.24) is 5.32 Å². The molecule has 2 rings (SSSR count). The number of methoxy groups -OCH3 is 1. The molecule has 0 radical (unpaired) electrons. The fourth-order valence-corrected chi connectivity index (χ4v) is 4.44. The molecule has 0 aliphatic carbocycles. The van der Waals surface area contributed by atoms with Gasteiger partial charge < -0.3 is 14.3 Å². The lowest BCUT2D eigenvalue weighted by atomic mass is 9.95. The van der Waals surface area contributed by atoms with E-state index in [1.807, 2.05) is 25.1 Å². The van der Waals surface area contributed by atoms with Gasteiger partial charge in [0.1, 0.15) is 17.1 Å². The van der Waals surface area contributed by atoms with E-state index >= 15 is 0 Å². The lowest BCUT2D eigenvalue weighted by Gasteiger charge is -2.13. The Balaban J connectivity index is 2.02. The maximum atomic E-state index is 12.9. The summed E-state index contributed by atoms with van der Waals surface area (Å²) in [6.07, 6.45) is 8.05. The van der Waals surface area contributed by atoms with Gasteiger partial charge in [-0.15, -0.1) is 17.9 Å². The number of rotatable bonds is 12. The Morgan fingerprint density at radius 2 is 2.00 bits per heavy atom. The summed E-state index contributed by atoms with van der Waals surface area (Å²) in [5, 5.41) is 12.9. The maximum absolute atomic E-state index is 12.9. The number of carbonyl (C=O) groups is 2. The van der Waals surface area contributed by atoms with Crippen molar-refractivity contribution in [3.05, 3.63) is 74.6 Å². The second-order valence-electron chi connectivity index (χ2n) is 7.88. The maximum Gasteiger partial charge on any atom is 0.410 e. The summed E-state index contributed by atoms with van der Waals surface area (Å²) >= 11 is 1.64.